The standard InChI is InChI=1S/C17H17BrO2/c1-4-17(19)16(10-14-8-6-12(3)20-14)15-9-13(18)7-5-11(15)2/h5-10H,4H2,1-3H3/b16-10-. The van der Waals surface area contributed by atoms with E-state index in [1.54, 1.807) is 0 Å². The molecule has 0 saturated carbocycles. The van der Waals surface area contributed by atoms with Gasteiger partial charge in [0.1, 0.15) is 11.5 Å². The number of hydrogen-bond donors (Lipinski definition) is 0. The number of carbonyl (C=O) groups excluding carboxylic acids is 1. The average molecular weight is 333 g/mol. The van der Waals surface area contributed by atoms with E-state index in [-0.39, 0.29) is 5.78 Å². The van der Waals surface area contributed by atoms with E-state index in [0.29, 0.717) is 17.8 Å². The molecule has 1 heterocycles. The highest BCUT2D eigenvalue weighted by molar-refractivity contribution is 9.10. The van der Waals surface area contributed by atoms with E-state index in [1.807, 2.05) is 57.2 Å². The maximum absolute atomic E-state index is 12.3. The van der Waals surface area contributed by atoms with Crippen LogP contribution in [0.4, 0.5) is 0 Å². The number of carbonyl (C=O) groups is 1. The first-order valence-corrected chi connectivity index (χ1v) is 7.38. The lowest BCUT2D eigenvalue weighted by atomic mass is 9.95. The second-order valence-corrected chi connectivity index (χ2v) is 5.66. The summed E-state index contributed by atoms with van der Waals surface area (Å²) in [5.41, 5.74) is 2.71. The number of rotatable bonds is 4. The Balaban J connectivity index is 2.55. The molecule has 2 nitrogen and oxygen atoms in total. The fourth-order valence-electron chi connectivity index (χ4n) is 2.06. The Hall–Kier alpha value is -1.61. The lowest BCUT2D eigenvalue weighted by Gasteiger charge is -2.09. The molecule has 1 aromatic heterocycles. The van der Waals surface area contributed by atoms with E-state index in [1.165, 1.54) is 0 Å². The molecule has 3 heteroatoms. The van der Waals surface area contributed by atoms with Crippen LogP contribution in [0.5, 0.6) is 0 Å². The van der Waals surface area contributed by atoms with Crippen LogP contribution in [0.1, 0.15) is 36.0 Å². The van der Waals surface area contributed by atoms with Gasteiger partial charge in [-0.15, -0.1) is 0 Å². The predicted octanol–water partition coefficient (Wildman–Crippen LogP) is 5.18. The summed E-state index contributed by atoms with van der Waals surface area (Å²) in [6.07, 6.45) is 2.30. The minimum atomic E-state index is 0.111. The number of hydrogen-bond acceptors (Lipinski definition) is 2. The molecule has 0 aliphatic rings. The van der Waals surface area contributed by atoms with Crippen molar-refractivity contribution < 1.29 is 9.21 Å². The van der Waals surface area contributed by atoms with Crippen molar-refractivity contribution in [3.05, 3.63) is 57.5 Å². The van der Waals surface area contributed by atoms with Gasteiger partial charge in [0.2, 0.25) is 0 Å². The maximum atomic E-state index is 12.3. The van der Waals surface area contributed by atoms with Crippen LogP contribution in [-0.4, -0.2) is 5.78 Å². The van der Waals surface area contributed by atoms with Gasteiger partial charge in [-0.25, -0.2) is 0 Å². The largest absolute Gasteiger partial charge is 0.462 e. The van der Waals surface area contributed by atoms with Crippen LogP contribution in [0, 0.1) is 13.8 Å². The quantitative estimate of drug-likeness (QED) is 0.722. The van der Waals surface area contributed by atoms with E-state index in [9.17, 15) is 4.79 Å². The topological polar surface area (TPSA) is 30.2 Å². The molecule has 0 fully saturated rings. The van der Waals surface area contributed by atoms with Gasteiger partial charge in [0, 0.05) is 16.5 Å². The Kier molecular flexibility index (Phi) is 4.61. The highest BCUT2D eigenvalue weighted by atomic mass is 79.9. The van der Waals surface area contributed by atoms with Gasteiger partial charge in [-0.3, -0.25) is 4.79 Å². The molecule has 0 bridgehead atoms. The van der Waals surface area contributed by atoms with E-state index >= 15 is 0 Å². The Morgan fingerprint density at radius 3 is 2.60 bits per heavy atom. The molecular formula is C17H17BrO2. The fraction of sp³-hybridized carbons (Fsp3) is 0.235. The van der Waals surface area contributed by atoms with Gasteiger partial charge in [-0.05, 0) is 55.3 Å². The molecule has 0 N–H and O–H groups in total. The molecule has 0 aliphatic carbocycles. The minimum absolute atomic E-state index is 0.111. The van der Waals surface area contributed by atoms with Crippen molar-refractivity contribution in [2.24, 2.45) is 0 Å². The molecule has 104 valence electrons. The molecule has 0 spiro atoms. The molecule has 0 unspecified atom stereocenters. The lowest BCUT2D eigenvalue weighted by Crippen LogP contribution is -2.01. The Morgan fingerprint density at radius 2 is 2.00 bits per heavy atom. The second-order valence-electron chi connectivity index (χ2n) is 4.74. The van der Waals surface area contributed by atoms with Crippen LogP contribution in [0.15, 0.2) is 39.2 Å². The molecule has 0 atom stereocenters. The number of ketones is 1. The van der Waals surface area contributed by atoms with Crippen molar-refractivity contribution in [3.63, 3.8) is 0 Å². The normalized spacial score (nSPS) is 11.7. The summed E-state index contributed by atoms with van der Waals surface area (Å²) in [6.45, 7) is 5.77. The third-order valence-corrected chi connectivity index (χ3v) is 3.65. The monoisotopic (exact) mass is 332 g/mol. The summed E-state index contributed by atoms with van der Waals surface area (Å²) in [5.74, 6) is 1.66. The lowest BCUT2D eigenvalue weighted by molar-refractivity contribution is -0.113. The summed E-state index contributed by atoms with van der Waals surface area (Å²) >= 11 is 3.46. The van der Waals surface area contributed by atoms with Gasteiger partial charge in [0.15, 0.2) is 5.78 Å². The Bertz CT molecular complexity index is 665. The Labute approximate surface area is 127 Å². The first-order chi connectivity index (χ1) is 9.51. The number of allylic oxidation sites excluding steroid dienone is 1. The number of halogens is 1. The summed E-state index contributed by atoms with van der Waals surface area (Å²) in [7, 11) is 0. The molecule has 20 heavy (non-hydrogen) atoms. The van der Waals surface area contributed by atoms with Gasteiger partial charge >= 0.3 is 0 Å². The SMILES string of the molecule is CCC(=O)/C(=C\c1ccc(C)o1)c1cc(Br)ccc1C. The van der Waals surface area contributed by atoms with Gasteiger partial charge in [0.25, 0.3) is 0 Å². The molecule has 0 aliphatic heterocycles. The van der Waals surface area contributed by atoms with Gasteiger partial charge in [0.05, 0.1) is 0 Å². The van der Waals surface area contributed by atoms with Crippen molar-refractivity contribution in [2.45, 2.75) is 27.2 Å². The van der Waals surface area contributed by atoms with Crippen molar-refractivity contribution in [1.29, 1.82) is 0 Å². The zero-order valence-electron chi connectivity index (χ0n) is 11.9. The van der Waals surface area contributed by atoms with Gasteiger partial charge < -0.3 is 4.42 Å². The highest BCUT2D eigenvalue weighted by Crippen LogP contribution is 2.27. The molecule has 1 aromatic carbocycles. The third-order valence-electron chi connectivity index (χ3n) is 3.16. The van der Waals surface area contributed by atoms with E-state index in [2.05, 4.69) is 15.9 Å². The highest BCUT2D eigenvalue weighted by Gasteiger charge is 2.14. The number of benzene rings is 1. The molecule has 0 saturated heterocycles. The zero-order chi connectivity index (χ0) is 14.7. The zero-order valence-corrected chi connectivity index (χ0v) is 13.5. The van der Waals surface area contributed by atoms with Crippen LogP contribution >= 0.6 is 15.9 Å². The van der Waals surface area contributed by atoms with Gasteiger partial charge in [-0.2, -0.15) is 0 Å². The molecular weight excluding hydrogens is 316 g/mol. The van der Waals surface area contributed by atoms with Crippen LogP contribution < -0.4 is 0 Å². The van der Waals surface area contributed by atoms with Crippen molar-refractivity contribution in [3.8, 4) is 0 Å². The van der Waals surface area contributed by atoms with E-state index in [4.69, 9.17) is 4.42 Å². The number of Topliss-reactive ketones (excluding diaryl/α,β-unsaturated/α-hetero) is 1. The third kappa shape index (κ3) is 3.28. The molecule has 2 aromatic rings. The number of aryl methyl sites for hydroxylation is 2. The summed E-state index contributed by atoms with van der Waals surface area (Å²) in [4.78, 5) is 12.3. The van der Waals surface area contributed by atoms with Crippen molar-refractivity contribution >= 4 is 33.4 Å². The summed E-state index contributed by atoms with van der Waals surface area (Å²) in [5, 5.41) is 0. The smallest absolute Gasteiger partial charge is 0.163 e. The van der Waals surface area contributed by atoms with Crippen LogP contribution in [-0.2, 0) is 4.79 Å². The fourth-order valence-corrected chi connectivity index (χ4v) is 2.42. The molecule has 2 rings (SSSR count). The van der Waals surface area contributed by atoms with Gasteiger partial charge in [-0.1, -0.05) is 28.9 Å². The minimum Gasteiger partial charge on any atom is -0.462 e. The molecule has 0 amide bonds. The Morgan fingerprint density at radius 1 is 1.25 bits per heavy atom. The average Bonchev–Trinajstić information content (AvgIpc) is 2.84. The van der Waals surface area contributed by atoms with Crippen molar-refractivity contribution in [2.75, 3.05) is 0 Å². The number of furan rings is 1. The van der Waals surface area contributed by atoms with Crippen LogP contribution in [0.25, 0.3) is 11.6 Å². The van der Waals surface area contributed by atoms with E-state index in [0.717, 1.165) is 21.4 Å². The maximum Gasteiger partial charge on any atom is 0.163 e. The summed E-state index contributed by atoms with van der Waals surface area (Å²) in [6, 6.07) is 9.73. The summed E-state index contributed by atoms with van der Waals surface area (Å²) < 4.78 is 6.52. The second kappa shape index (κ2) is 6.23. The van der Waals surface area contributed by atoms with Crippen molar-refractivity contribution in [1.82, 2.24) is 0 Å². The van der Waals surface area contributed by atoms with E-state index < -0.39 is 0 Å². The first-order valence-electron chi connectivity index (χ1n) is 6.59. The predicted molar refractivity (Wildman–Crippen MR) is 85.5 cm³/mol. The van der Waals surface area contributed by atoms with Crippen LogP contribution in [0.3, 0.4) is 0 Å². The van der Waals surface area contributed by atoms with Crippen LogP contribution in [0.2, 0.25) is 0 Å². The first kappa shape index (κ1) is 14.8. The molecule has 0 radical (unpaired) electrons.